The summed E-state index contributed by atoms with van der Waals surface area (Å²) in [6.45, 7) is 6.50. The molecule has 1 saturated heterocycles. The monoisotopic (exact) mass is 560 g/mol. The molecule has 2 heterocycles. The van der Waals surface area contributed by atoms with E-state index in [0.717, 1.165) is 5.56 Å². The molecule has 1 aliphatic rings. The van der Waals surface area contributed by atoms with Gasteiger partial charge in [0, 0.05) is 24.8 Å². The maximum Gasteiger partial charge on any atom is 0.322 e. The third kappa shape index (κ3) is 8.07. The second-order valence-corrected chi connectivity index (χ2v) is 10.9. The third-order valence-electron chi connectivity index (χ3n) is 6.67. The second-order valence-electron chi connectivity index (χ2n) is 10.0. The third-order valence-corrected chi connectivity index (χ3v) is 7.61. The highest BCUT2D eigenvalue weighted by Crippen LogP contribution is 2.40. The Morgan fingerprint density at radius 3 is 2.49 bits per heavy atom. The van der Waals surface area contributed by atoms with Crippen molar-refractivity contribution in [3.05, 3.63) is 52.0 Å². The van der Waals surface area contributed by atoms with E-state index in [1.165, 1.54) is 18.3 Å². The van der Waals surface area contributed by atoms with Crippen molar-refractivity contribution >= 4 is 35.1 Å². The molecule has 3 rings (SSSR count). The average Bonchev–Trinajstić information content (AvgIpc) is 3.33. The molecule has 0 bridgehead atoms. The van der Waals surface area contributed by atoms with E-state index in [2.05, 4.69) is 34.8 Å². The number of ether oxygens (including phenoxy) is 2. The van der Waals surface area contributed by atoms with Crippen LogP contribution in [-0.2, 0) is 30.3 Å². The van der Waals surface area contributed by atoms with Gasteiger partial charge in [-0.1, -0.05) is 44.2 Å². The van der Waals surface area contributed by atoms with Crippen molar-refractivity contribution in [3.63, 3.8) is 0 Å². The lowest BCUT2D eigenvalue weighted by Gasteiger charge is -2.24. The van der Waals surface area contributed by atoms with Crippen molar-refractivity contribution in [1.82, 2.24) is 20.9 Å². The number of carbonyl (C=O) groups excluding carboxylic acids is 3. The molecule has 5 atom stereocenters. The Labute approximate surface area is 231 Å². The Balaban J connectivity index is 1.78. The molecule has 0 saturated carbocycles. The van der Waals surface area contributed by atoms with Crippen LogP contribution in [0.5, 0.6) is 0 Å². The fourth-order valence-electron chi connectivity index (χ4n) is 4.45. The molecule has 39 heavy (non-hydrogen) atoms. The molecule has 2 unspecified atom stereocenters. The number of rotatable bonds is 14. The summed E-state index contributed by atoms with van der Waals surface area (Å²) in [5.41, 5.74) is -0.199. The first kappa shape index (κ1) is 30.2. The van der Waals surface area contributed by atoms with Gasteiger partial charge in [-0.25, -0.2) is 4.98 Å². The van der Waals surface area contributed by atoms with E-state index < -0.39 is 54.1 Å². The molecule has 0 aliphatic carbocycles. The Morgan fingerprint density at radius 2 is 1.90 bits per heavy atom. The van der Waals surface area contributed by atoms with Crippen molar-refractivity contribution in [2.45, 2.75) is 70.4 Å². The first-order valence-corrected chi connectivity index (χ1v) is 13.6. The Hall–Kier alpha value is -3.35. The van der Waals surface area contributed by atoms with Crippen LogP contribution in [-0.4, -0.2) is 71.2 Å². The minimum atomic E-state index is -1.28. The summed E-state index contributed by atoms with van der Waals surface area (Å²) in [4.78, 5) is 53.1. The molecule has 212 valence electrons. The van der Waals surface area contributed by atoms with Crippen LogP contribution >= 0.6 is 11.3 Å². The lowest BCUT2D eigenvalue weighted by Crippen LogP contribution is -2.47. The van der Waals surface area contributed by atoms with Crippen LogP contribution in [0.3, 0.4) is 0 Å². The van der Waals surface area contributed by atoms with Gasteiger partial charge in [-0.3, -0.25) is 19.2 Å². The average molecular weight is 561 g/mol. The normalized spacial score (nSPS) is 20.5. The van der Waals surface area contributed by atoms with Gasteiger partial charge in [-0.05, 0) is 31.9 Å². The Kier molecular flexibility index (Phi) is 10.2. The van der Waals surface area contributed by atoms with Crippen LogP contribution in [0.1, 0.15) is 61.3 Å². The molecule has 0 radical (unpaired) electrons. The SMILES string of the molecule is CN[C@H](C[C@@H](OC(C)=O)c1nc(C(=O)N[C@@H](Cc2ccccc2)C2OC2(C)C(=O)NCC(=O)O)cs1)C(C)C. The number of benzene rings is 1. The molecule has 2 amide bonds. The van der Waals surface area contributed by atoms with Crippen molar-refractivity contribution in [3.8, 4) is 0 Å². The topological polar surface area (TPSA) is 159 Å². The number of carboxylic acid groups (broad SMARTS) is 1. The van der Waals surface area contributed by atoms with Gasteiger partial charge in [-0.15, -0.1) is 11.3 Å². The Morgan fingerprint density at radius 1 is 1.21 bits per heavy atom. The molecular formula is C27H36N4O7S. The highest BCUT2D eigenvalue weighted by Gasteiger charge is 2.62. The van der Waals surface area contributed by atoms with Crippen molar-refractivity contribution in [1.29, 1.82) is 0 Å². The number of epoxide rings is 1. The van der Waals surface area contributed by atoms with Gasteiger partial charge >= 0.3 is 11.9 Å². The van der Waals surface area contributed by atoms with Gasteiger partial charge in [0.2, 0.25) is 0 Å². The number of thiazole rings is 1. The fourth-order valence-corrected chi connectivity index (χ4v) is 5.29. The highest BCUT2D eigenvalue weighted by atomic mass is 32.1. The molecule has 4 N–H and O–H groups in total. The van der Waals surface area contributed by atoms with E-state index in [9.17, 15) is 19.2 Å². The number of aliphatic carboxylic acids is 1. The molecule has 2 aromatic rings. The first-order valence-electron chi connectivity index (χ1n) is 12.8. The van der Waals surface area contributed by atoms with Crippen LogP contribution < -0.4 is 16.0 Å². The van der Waals surface area contributed by atoms with E-state index in [-0.39, 0.29) is 17.7 Å². The van der Waals surface area contributed by atoms with Crippen molar-refractivity contribution in [2.75, 3.05) is 13.6 Å². The standard InChI is InChI=1S/C27H36N4O7S/c1-15(2)18(28-5)12-21(37-16(3)32)25-31-20(14-39-25)24(35)30-19(11-17-9-7-6-8-10-17)23-27(4,38-23)26(36)29-13-22(33)34/h6-10,14-15,18-19,21,23,28H,11-13H2,1-5H3,(H,29,36)(H,30,35)(H,33,34)/t18-,19+,21-,23?,27?/m1/s1. The minimum Gasteiger partial charge on any atom is -0.480 e. The van der Waals surface area contributed by atoms with Gasteiger partial charge in [0.15, 0.2) is 11.7 Å². The summed E-state index contributed by atoms with van der Waals surface area (Å²) in [6, 6.07) is 8.91. The van der Waals surface area contributed by atoms with Crippen LogP contribution in [0.4, 0.5) is 0 Å². The lowest BCUT2D eigenvalue weighted by atomic mass is 9.95. The quantitative estimate of drug-likeness (QED) is 0.200. The zero-order valence-electron chi connectivity index (χ0n) is 22.7. The predicted molar refractivity (Wildman–Crippen MR) is 144 cm³/mol. The highest BCUT2D eigenvalue weighted by molar-refractivity contribution is 7.09. The van der Waals surface area contributed by atoms with Gasteiger partial charge in [0.05, 0.1) is 6.04 Å². The number of carboxylic acids is 1. The van der Waals surface area contributed by atoms with Gasteiger partial charge in [0.1, 0.15) is 23.4 Å². The van der Waals surface area contributed by atoms with Gasteiger partial charge < -0.3 is 30.5 Å². The molecule has 12 heteroatoms. The van der Waals surface area contributed by atoms with Crippen molar-refractivity contribution in [2.24, 2.45) is 5.92 Å². The number of amides is 2. The summed E-state index contributed by atoms with van der Waals surface area (Å²) < 4.78 is 11.3. The Bertz CT molecular complexity index is 1170. The van der Waals surface area contributed by atoms with E-state index >= 15 is 0 Å². The molecule has 1 fully saturated rings. The van der Waals surface area contributed by atoms with Crippen molar-refractivity contribution < 1.29 is 33.8 Å². The van der Waals surface area contributed by atoms with E-state index in [1.807, 2.05) is 37.4 Å². The summed E-state index contributed by atoms with van der Waals surface area (Å²) >= 11 is 1.23. The number of hydrogen-bond acceptors (Lipinski definition) is 9. The number of hydrogen-bond donors (Lipinski definition) is 4. The second kappa shape index (κ2) is 13.1. The molecule has 11 nitrogen and oxygen atoms in total. The summed E-state index contributed by atoms with van der Waals surface area (Å²) in [7, 11) is 1.85. The molecule has 0 spiro atoms. The predicted octanol–water partition coefficient (Wildman–Crippen LogP) is 2.08. The maximum absolute atomic E-state index is 13.3. The number of aromatic nitrogens is 1. The van der Waals surface area contributed by atoms with Crippen LogP contribution in [0.15, 0.2) is 35.7 Å². The number of nitrogens with zero attached hydrogens (tertiary/aromatic N) is 1. The maximum atomic E-state index is 13.3. The largest absolute Gasteiger partial charge is 0.480 e. The number of nitrogens with one attached hydrogen (secondary N) is 3. The lowest BCUT2D eigenvalue weighted by molar-refractivity contribution is -0.147. The molecular weight excluding hydrogens is 524 g/mol. The van der Waals surface area contributed by atoms with Crippen LogP contribution in [0, 0.1) is 5.92 Å². The zero-order chi connectivity index (χ0) is 28.7. The number of carbonyl (C=O) groups is 4. The molecule has 1 aromatic carbocycles. The van der Waals surface area contributed by atoms with Gasteiger partial charge in [0.25, 0.3) is 11.8 Å². The van der Waals surface area contributed by atoms with E-state index in [4.69, 9.17) is 14.6 Å². The summed E-state index contributed by atoms with van der Waals surface area (Å²) in [6.07, 6.45) is -0.407. The first-order chi connectivity index (χ1) is 18.4. The number of esters is 1. The van der Waals surface area contributed by atoms with Gasteiger partial charge in [-0.2, -0.15) is 0 Å². The minimum absolute atomic E-state index is 0.0720. The van der Waals surface area contributed by atoms with E-state index in [1.54, 1.807) is 12.3 Å². The summed E-state index contributed by atoms with van der Waals surface area (Å²) in [5.74, 6) is -2.34. The molecule has 1 aliphatic heterocycles. The van der Waals surface area contributed by atoms with E-state index in [0.29, 0.717) is 17.8 Å². The fraction of sp³-hybridized carbons (Fsp3) is 0.519. The smallest absolute Gasteiger partial charge is 0.322 e. The zero-order valence-corrected chi connectivity index (χ0v) is 23.5. The summed E-state index contributed by atoms with van der Waals surface area (Å²) in [5, 5.41) is 19.5. The van der Waals surface area contributed by atoms with Crippen LogP contribution in [0.2, 0.25) is 0 Å². The van der Waals surface area contributed by atoms with Crippen LogP contribution in [0.25, 0.3) is 0 Å². The molecule has 1 aromatic heterocycles.